The molecule has 0 atom stereocenters. The first-order valence-electron chi connectivity index (χ1n) is 8.58. The highest BCUT2D eigenvalue weighted by atomic mass is 35.5. The molecular formula is C23H14ClNO2. The average molecular weight is 372 g/mol. The maximum atomic E-state index is 6.39. The third-order valence-corrected chi connectivity index (χ3v) is 4.75. The van der Waals surface area contributed by atoms with E-state index in [1.807, 2.05) is 78.9 Å². The summed E-state index contributed by atoms with van der Waals surface area (Å²) >= 11 is 6.39. The van der Waals surface area contributed by atoms with Gasteiger partial charge in [0.25, 0.3) is 0 Å². The molecule has 3 nitrogen and oxygen atoms in total. The number of rotatable bonds is 3. The Morgan fingerprint density at radius 3 is 2.41 bits per heavy atom. The van der Waals surface area contributed by atoms with Gasteiger partial charge in [-0.2, -0.15) is 0 Å². The molecule has 0 amide bonds. The van der Waals surface area contributed by atoms with Crippen LogP contribution in [0.3, 0.4) is 0 Å². The summed E-state index contributed by atoms with van der Waals surface area (Å²) in [4.78, 5) is 4.44. The first-order valence-corrected chi connectivity index (χ1v) is 8.96. The van der Waals surface area contributed by atoms with Crippen molar-refractivity contribution in [3.63, 3.8) is 0 Å². The van der Waals surface area contributed by atoms with Crippen LogP contribution in [0.25, 0.3) is 33.2 Å². The topological polar surface area (TPSA) is 35.3 Å². The smallest absolute Gasteiger partial charge is 0.161 e. The van der Waals surface area contributed by atoms with E-state index in [0.717, 1.165) is 44.7 Å². The molecule has 5 aromatic rings. The molecule has 0 fully saturated rings. The number of aromatic nitrogens is 1. The van der Waals surface area contributed by atoms with Crippen LogP contribution in [0.4, 0.5) is 0 Å². The van der Waals surface area contributed by atoms with Gasteiger partial charge in [-0.05, 0) is 60.7 Å². The summed E-state index contributed by atoms with van der Waals surface area (Å²) < 4.78 is 12.0. The Hall–Kier alpha value is -3.30. The molecule has 0 aliphatic rings. The molecule has 0 unspecified atom stereocenters. The second kappa shape index (κ2) is 6.45. The Morgan fingerprint density at radius 1 is 0.815 bits per heavy atom. The van der Waals surface area contributed by atoms with Gasteiger partial charge in [0.15, 0.2) is 5.58 Å². The molecule has 5 rings (SSSR count). The molecule has 0 aliphatic carbocycles. The van der Waals surface area contributed by atoms with Gasteiger partial charge in [0, 0.05) is 22.5 Å². The minimum Gasteiger partial charge on any atom is -0.457 e. The van der Waals surface area contributed by atoms with Crippen LogP contribution >= 0.6 is 11.6 Å². The van der Waals surface area contributed by atoms with E-state index in [4.69, 9.17) is 20.8 Å². The van der Waals surface area contributed by atoms with Crippen LogP contribution in [0.5, 0.6) is 11.5 Å². The van der Waals surface area contributed by atoms with Crippen molar-refractivity contribution in [2.24, 2.45) is 0 Å². The van der Waals surface area contributed by atoms with E-state index in [0.29, 0.717) is 5.02 Å². The fraction of sp³-hybridized carbons (Fsp3) is 0. The number of benzene rings is 3. The van der Waals surface area contributed by atoms with Crippen LogP contribution in [-0.2, 0) is 0 Å². The molecule has 2 aromatic heterocycles. The number of halogens is 1. The first-order chi connectivity index (χ1) is 13.3. The maximum Gasteiger partial charge on any atom is 0.161 e. The predicted octanol–water partition coefficient (Wildman–Crippen LogP) is 7.09. The average Bonchev–Trinajstić information content (AvgIpc) is 3.14. The standard InChI is InChI=1S/C23H14ClNO2/c24-20-13-16-14-21(27-23(16)22-19(20)7-4-12-25-22)15-8-10-18(11-9-15)26-17-5-2-1-3-6-17/h1-14H. The zero-order valence-electron chi connectivity index (χ0n) is 14.2. The third-order valence-electron chi connectivity index (χ3n) is 4.44. The number of nitrogens with zero attached hydrogens (tertiary/aromatic N) is 1. The Kier molecular flexibility index (Phi) is 3.80. The Bertz CT molecular complexity index is 1240. The predicted molar refractivity (Wildman–Crippen MR) is 108 cm³/mol. The minimum atomic E-state index is 0.671. The first kappa shape index (κ1) is 15.9. The van der Waals surface area contributed by atoms with Gasteiger partial charge in [-0.15, -0.1) is 0 Å². The van der Waals surface area contributed by atoms with Crippen molar-refractivity contribution >= 4 is 33.5 Å². The number of pyridine rings is 1. The Labute approximate surface area is 160 Å². The summed E-state index contributed by atoms with van der Waals surface area (Å²) in [5.74, 6) is 2.35. The largest absolute Gasteiger partial charge is 0.457 e. The molecule has 0 aliphatic heterocycles. The lowest BCUT2D eigenvalue weighted by Crippen LogP contribution is -1.83. The summed E-state index contributed by atoms with van der Waals surface area (Å²) in [5, 5.41) is 2.49. The molecule has 0 spiro atoms. The van der Waals surface area contributed by atoms with Crippen molar-refractivity contribution in [2.45, 2.75) is 0 Å². The van der Waals surface area contributed by atoms with Crippen LogP contribution < -0.4 is 4.74 Å². The molecule has 0 N–H and O–H groups in total. The SMILES string of the molecule is Clc1cc2cc(-c3ccc(Oc4ccccc4)cc3)oc2c2ncccc12. The highest BCUT2D eigenvalue weighted by Gasteiger charge is 2.13. The fourth-order valence-corrected chi connectivity index (χ4v) is 3.41. The monoisotopic (exact) mass is 371 g/mol. The molecule has 130 valence electrons. The fourth-order valence-electron chi connectivity index (χ4n) is 3.14. The van der Waals surface area contributed by atoms with Crippen LogP contribution in [0, 0.1) is 0 Å². The summed E-state index contributed by atoms with van der Waals surface area (Å²) in [6.07, 6.45) is 1.75. The van der Waals surface area contributed by atoms with Crippen molar-refractivity contribution < 1.29 is 9.15 Å². The Balaban J connectivity index is 1.53. The maximum absolute atomic E-state index is 6.39. The molecule has 0 saturated heterocycles. The summed E-state index contributed by atoms with van der Waals surface area (Å²) in [7, 11) is 0. The second-order valence-electron chi connectivity index (χ2n) is 6.23. The Morgan fingerprint density at radius 2 is 1.59 bits per heavy atom. The summed E-state index contributed by atoms with van der Waals surface area (Å²) in [6.45, 7) is 0. The lowest BCUT2D eigenvalue weighted by molar-refractivity contribution is 0.482. The lowest BCUT2D eigenvalue weighted by Gasteiger charge is -2.05. The van der Waals surface area contributed by atoms with E-state index in [1.54, 1.807) is 6.20 Å². The molecule has 27 heavy (non-hydrogen) atoms. The summed E-state index contributed by atoms with van der Waals surface area (Å²) in [6, 6.07) is 25.2. The van der Waals surface area contributed by atoms with Gasteiger partial charge in [-0.1, -0.05) is 29.8 Å². The van der Waals surface area contributed by atoms with Gasteiger partial charge >= 0.3 is 0 Å². The quantitative estimate of drug-likeness (QED) is 0.339. The van der Waals surface area contributed by atoms with E-state index in [1.165, 1.54) is 0 Å². The molecule has 3 aromatic carbocycles. The van der Waals surface area contributed by atoms with E-state index >= 15 is 0 Å². The molecule has 0 radical (unpaired) electrons. The zero-order chi connectivity index (χ0) is 18.2. The van der Waals surface area contributed by atoms with E-state index in [-0.39, 0.29) is 0 Å². The molecular weight excluding hydrogens is 358 g/mol. The number of hydrogen-bond donors (Lipinski definition) is 0. The van der Waals surface area contributed by atoms with Crippen molar-refractivity contribution in [3.05, 3.63) is 90.1 Å². The number of para-hydroxylation sites is 1. The minimum absolute atomic E-state index is 0.671. The highest BCUT2D eigenvalue weighted by Crippen LogP contribution is 2.36. The van der Waals surface area contributed by atoms with E-state index in [2.05, 4.69) is 4.98 Å². The zero-order valence-corrected chi connectivity index (χ0v) is 15.0. The lowest BCUT2D eigenvalue weighted by atomic mass is 10.1. The van der Waals surface area contributed by atoms with Gasteiger partial charge < -0.3 is 9.15 Å². The molecule has 0 saturated carbocycles. The van der Waals surface area contributed by atoms with E-state index < -0.39 is 0 Å². The van der Waals surface area contributed by atoms with Crippen molar-refractivity contribution in [1.82, 2.24) is 4.98 Å². The van der Waals surface area contributed by atoms with Gasteiger partial charge in [0.05, 0.1) is 5.02 Å². The molecule has 0 bridgehead atoms. The van der Waals surface area contributed by atoms with Crippen molar-refractivity contribution in [2.75, 3.05) is 0 Å². The third kappa shape index (κ3) is 2.92. The van der Waals surface area contributed by atoms with Crippen molar-refractivity contribution in [1.29, 1.82) is 0 Å². The van der Waals surface area contributed by atoms with Gasteiger partial charge in [-0.3, -0.25) is 4.98 Å². The van der Waals surface area contributed by atoms with Gasteiger partial charge in [-0.25, -0.2) is 0 Å². The highest BCUT2D eigenvalue weighted by molar-refractivity contribution is 6.37. The van der Waals surface area contributed by atoms with Gasteiger partial charge in [0.2, 0.25) is 0 Å². The van der Waals surface area contributed by atoms with Gasteiger partial charge in [0.1, 0.15) is 22.8 Å². The second-order valence-corrected chi connectivity index (χ2v) is 6.63. The van der Waals surface area contributed by atoms with Crippen LogP contribution in [0.2, 0.25) is 5.02 Å². The van der Waals surface area contributed by atoms with Crippen LogP contribution in [0.15, 0.2) is 89.5 Å². The van der Waals surface area contributed by atoms with Crippen LogP contribution in [0.1, 0.15) is 0 Å². The summed E-state index contributed by atoms with van der Waals surface area (Å²) in [5.41, 5.74) is 2.48. The number of hydrogen-bond acceptors (Lipinski definition) is 3. The van der Waals surface area contributed by atoms with Crippen LogP contribution in [-0.4, -0.2) is 4.98 Å². The molecule has 2 heterocycles. The number of fused-ring (bicyclic) bond motifs is 3. The molecule has 4 heteroatoms. The van der Waals surface area contributed by atoms with E-state index in [9.17, 15) is 0 Å². The van der Waals surface area contributed by atoms with Crippen molar-refractivity contribution in [3.8, 4) is 22.8 Å². The normalized spacial score (nSPS) is 11.1. The number of furan rings is 1. The number of ether oxygens (including phenoxy) is 1.